The Hall–Kier alpha value is -1.11. The van der Waals surface area contributed by atoms with Crippen molar-refractivity contribution in [1.82, 2.24) is 0 Å². The van der Waals surface area contributed by atoms with Crippen LogP contribution in [0, 0.1) is 0 Å². The molecule has 1 nitrogen and oxygen atoms in total. The fourth-order valence-electron chi connectivity index (χ4n) is 0.689. The maximum atomic E-state index is 4.99. The number of benzene rings is 1. The molecule has 0 N–H and O–H groups in total. The van der Waals surface area contributed by atoms with Crippen LogP contribution in [0.4, 0.5) is 0 Å². The molecule has 0 heterocycles. The van der Waals surface area contributed by atoms with E-state index in [0.717, 1.165) is 5.56 Å². The lowest BCUT2D eigenvalue weighted by Gasteiger charge is -1.95. The first-order chi connectivity index (χ1) is 4.43. The van der Waals surface area contributed by atoms with Crippen LogP contribution in [-0.2, 0) is 6.54 Å². The third-order valence-electron chi connectivity index (χ3n) is 1.12. The maximum absolute atomic E-state index is 4.99. The average Bonchev–Trinajstić information content (AvgIpc) is 1.91. The second-order valence-electron chi connectivity index (χ2n) is 1.83. The van der Waals surface area contributed by atoms with E-state index in [2.05, 4.69) is 4.99 Å². The van der Waals surface area contributed by atoms with Gasteiger partial charge in [-0.1, -0.05) is 30.3 Å². The van der Waals surface area contributed by atoms with Crippen molar-refractivity contribution < 1.29 is 0 Å². The van der Waals surface area contributed by atoms with Crippen molar-refractivity contribution in [2.24, 2.45) is 4.99 Å². The molecule has 9 heavy (non-hydrogen) atoms. The molecule has 1 aromatic rings. The van der Waals surface area contributed by atoms with E-state index in [-0.39, 0.29) is 0 Å². The van der Waals surface area contributed by atoms with E-state index in [1.165, 1.54) is 0 Å². The van der Waals surface area contributed by atoms with Crippen LogP contribution in [0.1, 0.15) is 5.56 Å². The Morgan fingerprint density at radius 1 is 1.22 bits per heavy atom. The summed E-state index contributed by atoms with van der Waals surface area (Å²) < 4.78 is 0. The van der Waals surface area contributed by atoms with Gasteiger partial charge in [-0.15, -0.1) is 0 Å². The van der Waals surface area contributed by atoms with Crippen LogP contribution in [0.3, 0.4) is 0 Å². The molecule has 0 amide bonds. The Bertz CT molecular complexity index is 179. The van der Waals surface area contributed by atoms with Gasteiger partial charge >= 0.3 is 0 Å². The maximum Gasteiger partial charge on any atom is 0.0255 e. The van der Waals surface area contributed by atoms with E-state index in [0.29, 0.717) is 6.54 Å². The number of aliphatic imine (C=N–C) groups is 1. The van der Waals surface area contributed by atoms with Crippen molar-refractivity contribution in [3.05, 3.63) is 35.9 Å². The highest BCUT2D eigenvalue weighted by Crippen LogP contribution is 1.98. The molecule has 46 valence electrons. The summed E-state index contributed by atoms with van der Waals surface area (Å²) in [5, 5.41) is 0. The number of nitrogens with zero attached hydrogens (tertiary/aromatic N) is 1. The third kappa shape index (κ3) is 1.68. The Morgan fingerprint density at radius 3 is 2.44 bits per heavy atom. The smallest absolute Gasteiger partial charge is 0.0255 e. The van der Waals surface area contributed by atoms with E-state index in [4.69, 9.17) is 6.72 Å². The van der Waals surface area contributed by atoms with Gasteiger partial charge < -0.3 is 11.7 Å². The summed E-state index contributed by atoms with van der Waals surface area (Å²) in [6.45, 7) is 5.60. The van der Waals surface area contributed by atoms with E-state index < -0.39 is 0 Å². The lowest BCUT2D eigenvalue weighted by atomic mass is 10.2. The second-order valence-corrected chi connectivity index (χ2v) is 1.83. The van der Waals surface area contributed by atoms with Gasteiger partial charge in [-0.25, -0.2) is 0 Å². The summed E-state index contributed by atoms with van der Waals surface area (Å²) in [6.07, 6.45) is 0. The van der Waals surface area contributed by atoms with Crippen LogP contribution in [0.5, 0.6) is 0 Å². The highest BCUT2D eigenvalue weighted by molar-refractivity contribution is 5.25. The molecule has 0 aromatic heterocycles. The number of hydrogen-bond donors (Lipinski definition) is 0. The summed E-state index contributed by atoms with van der Waals surface area (Å²) in [6, 6.07) is 9.91. The molecule has 0 bridgehead atoms. The molecule has 0 radical (unpaired) electrons. The molecule has 0 atom stereocenters. The van der Waals surface area contributed by atoms with Gasteiger partial charge in [0, 0.05) is 6.54 Å². The molecule has 0 aliphatic rings. The van der Waals surface area contributed by atoms with Crippen LogP contribution in [-0.4, -0.2) is 6.72 Å². The Kier molecular flexibility index (Phi) is 2.02. The molecule has 0 fully saturated rings. The van der Waals surface area contributed by atoms with E-state index in [1.807, 2.05) is 30.3 Å². The van der Waals surface area contributed by atoms with Crippen molar-refractivity contribution in [2.75, 3.05) is 0 Å². The van der Waals surface area contributed by atoms with Crippen molar-refractivity contribution in [2.45, 2.75) is 6.54 Å². The zero-order valence-electron chi connectivity index (χ0n) is 5.12. The Morgan fingerprint density at radius 2 is 1.89 bits per heavy atom. The number of rotatable bonds is 2. The standard InChI is InChI=1S/C8H8N/c1-9-7-8-5-3-2-4-6-8/h1-6H,7H2/q-1. The Balaban J connectivity index is 2.72. The second kappa shape index (κ2) is 3.02. The van der Waals surface area contributed by atoms with Crippen LogP contribution in [0.15, 0.2) is 35.3 Å². The monoisotopic (exact) mass is 118 g/mol. The minimum atomic E-state index is 0.612. The average molecular weight is 118 g/mol. The van der Waals surface area contributed by atoms with Crippen molar-refractivity contribution >= 4 is 6.72 Å². The van der Waals surface area contributed by atoms with Gasteiger partial charge in [0.15, 0.2) is 0 Å². The van der Waals surface area contributed by atoms with Gasteiger partial charge in [0.2, 0.25) is 0 Å². The van der Waals surface area contributed by atoms with Gasteiger partial charge in [0.05, 0.1) is 0 Å². The van der Waals surface area contributed by atoms with Gasteiger partial charge in [-0.3, -0.25) is 0 Å². The minimum Gasteiger partial charge on any atom is -0.502 e. The van der Waals surface area contributed by atoms with Gasteiger partial charge in [-0.05, 0) is 5.56 Å². The molecule has 0 saturated heterocycles. The predicted molar refractivity (Wildman–Crippen MR) is 38.6 cm³/mol. The summed E-state index contributed by atoms with van der Waals surface area (Å²) >= 11 is 0. The molecule has 0 aliphatic carbocycles. The summed E-state index contributed by atoms with van der Waals surface area (Å²) in [5.41, 5.74) is 1.15. The first-order valence-corrected chi connectivity index (χ1v) is 2.84. The quantitative estimate of drug-likeness (QED) is 0.414. The van der Waals surface area contributed by atoms with Crippen LogP contribution < -0.4 is 0 Å². The predicted octanol–water partition coefficient (Wildman–Crippen LogP) is 1.76. The van der Waals surface area contributed by atoms with Crippen molar-refractivity contribution in [3.8, 4) is 0 Å². The molecule has 1 aromatic carbocycles. The molecular formula is C8H8N-. The molecule has 0 spiro atoms. The van der Waals surface area contributed by atoms with E-state index in [9.17, 15) is 0 Å². The SMILES string of the molecule is [CH-]=NCc1ccccc1. The minimum absolute atomic E-state index is 0.612. The molecular weight excluding hydrogens is 110 g/mol. The zero-order chi connectivity index (χ0) is 6.53. The molecule has 0 saturated carbocycles. The summed E-state index contributed by atoms with van der Waals surface area (Å²) in [7, 11) is 0. The highest BCUT2D eigenvalue weighted by atomic mass is 14.7. The van der Waals surface area contributed by atoms with Crippen LogP contribution in [0.2, 0.25) is 0 Å². The van der Waals surface area contributed by atoms with Crippen LogP contribution >= 0.6 is 0 Å². The molecule has 0 unspecified atom stereocenters. The van der Waals surface area contributed by atoms with E-state index >= 15 is 0 Å². The zero-order valence-corrected chi connectivity index (χ0v) is 5.12. The fraction of sp³-hybridized carbons (Fsp3) is 0.125. The molecule has 1 rings (SSSR count). The lowest BCUT2D eigenvalue weighted by molar-refractivity contribution is 1.08. The Labute approximate surface area is 55.1 Å². The summed E-state index contributed by atoms with van der Waals surface area (Å²) in [5.74, 6) is 0. The first kappa shape index (κ1) is 6.02. The number of hydrogen-bond acceptors (Lipinski definition) is 1. The molecule has 1 heteroatoms. The summed E-state index contributed by atoms with van der Waals surface area (Å²) in [4.78, 5) is 3.51. The van der Waals surface area contributed by atoms with Gasteiger partial charge in [-0.2, -0.15) is 0 Å². The molecule has 0 aliphatic heterocycles. The first-order valence-electron chi connectivity index (χ1n) is 2.84. The van der Waals surface area contributed by atoms with Gasteiger partial charge in [0.25, 0.3) is 0 Å². The van der Waals surface area contributed by atoms with Crippen LogP contribution in [0.25, 0.3) is 0 Å². The largest absolute Gasteiger partial charge is 0.502 e. The third-order valence-corrected chi connectivity index (χ3v) is 1.12. The lowest BCUT2D eigenvalue weighted by Crippen LogP contribution is -1.76. The normalized spacial score (nSPS) is 8.89. The van der Waals surface area contributed by atoms with Crippen molar-refractivity contribution in [1.29, 1.82) is 0 Å². The highest BCUT2D eigenvalue weighted by Gasteiger charge is 1.80. The van der Waals surface area contributed by atoms with Crippen molar-refractivity contribution in [3.63, 3.8) is 0 Å². The van der Waals surface area contributed by atoms with E-state index in [1.54, 1.807) is 0 Å². The topological polar surface area (TPSA) is 12.4 Å². The van der Waals surface area contributed by atoms with Gasteiger partial charge in [0.1, 0.15) is 0 Å². The fourth-order valence-corrected chi connectivity index (χ4v) is 0.689.